The fourth-order valence-electron chi connectivity index (χ4n) is 3.50. The van der Waals surface area contributed by atoms with E-state index in [4.69, 9.17) is 0 Å². The molecule has 0 aliphatic carbocycles. The summed E-state index contributed by atoms with van der Waals surface area (Å²) in [6.07, 6.45) is 0. The van der Waals surface area contributed by atoms with E-state index in [0.29, 0.717) is 20.7 Å². The van der Waals surface area contributed by atoms with Crippen molar-refractivity contribution in [3.63, 3.8) is 0 Å². The quantitative estimate of drug-likeness (QED) is 0.299. The molecule has 0 amide bonds. The molecular weight excluding hydrogens is 451 g/mol. The highest BCUT2D eigenvalue weighted by Crippen LogP contribution is 2.45. The van der Waals surface area contributed by atoms with Crippen LogP contribution >= 0.6 is 22.7 Å². The Morgan fingerprint density at radius 1 is 1.00 bits per heavy atom. The Bertz CT molecular complexity index is 1500. The summed E-state index contributed by atoms with van der Waals surface area (Å²) < 4.78 is 15.5. The van der Waals surface area contributed by atoms with Gasteiger partial charge in [-0.2, -0.15) is 0 Å². The predicted octanol–water partition coefficient (Wildman–Crippen LogP) is 5.61. The second kappa shape index (κ2) is 7.47. The number of aromatic nitrogens is 2. The van der Waals surface area contributed by atoms with Gasteiger partial charge in [-0.3, -0.25) is 9.36 Å². The second-order valence-corrected chi connectivity index (χ2v) is 9.42. The lowest BCUT2D eigenvalue weighted by Crippen LogP contribution is -2.03. The summed E-state index contributed by atoms with van der Waals surface area (Å²) in [4.78, 5) is 19.2. The largest absolute Gasteiger partial charge is 0.508 e. The number of carbonyl (C=O) groups is 1. The van der Waals surface area contributed by atoms with Gasteiger partial charge in [-0.05, 0) is 67.1 Å². The number of halogens is 1. The number of thiophene rings is 1. The van der Waals surface area contributed by atoms with Crippen molar-refractivity contribution in [1.82, 2.24) is 9.55 Å². The number of nitrogens with zero attached hydrogens (tertiary/aromatic N) is 2. The number of hydrogen-bond acceptors (Lipinski definition) is 7. The van der Waals surface area contributed by atoms with E-state index in [1.165, 1.54) is 46.2 Å². The number of aromatic hydroxyl groups is 3. The summed E-state index contributed by atoms with van der Waals surface area (Å²) >= 11 is 2.38. The van der Waals surface area contributed by atoms with E-state index >= 15 is 0 Å². The first-order valence-electron chi connectivity index (χ1n) is 9.47. The van der Waals surface area contributed by atoms with Crippen molar-refractivity contribution >= 4 is 38.7 Å². The Balaban J connectivity index is 1.81. The minimum atomic E-state index is -0.574. The van der Waals surface area contributed by atoms with E-state index in [0.717, 1.165) is 16.2 Å². The summed E-state index contributed by atoms with van der Waals surface area (Å²) in [6, 6.07) is 13.6. The average molecular weight is 467 g/mol. The number of benzene rings is 2. The summed E-state index contributed by atoms with van der Waals surface area (Å²) in [7, 11) is 0. The highest BCUT2D eigenvalue weighted by molar-refractivity contribution is 7.20. The summed E-state index contributed by atoms with van der Waals surface area (Å²) in [5, 5.41) is 31.6. The van der Waals surface area contributed by atoms with Gasteiger partial charge < -0.3 is 15.3 Å². The van der Waals surface area contributed by atoms with Crippen LogP contribution in [0.2, 0.25) is 0 Å². The molecule has 32 heavy (non-hydrogen) atoms. The van der Waals surface area contributed by atoms with E-state index in [1.54, 1.807) is 24.3 Å². The predicted molar refractivity (Wildman–Crippen MR) is 122 cm³/mol. The van der Waals surface area contributed by atoms with Gasteiger partial charge in [0, 0.05) is 4.88 Å². The first kappa shape index (κ1) is 20.2. The maximum atomic E-state index is 13.7. The fourth-order valence-corrected chi connectivity index (χ4v) is 5.32. The Labute approximate surface area is 189 Å². The summed E-state index contributed by atoms with van der Waals surface area (Å²) in [5.74, 6) is -1.98. The maximum absolute atomic E-state index is 13.7. The van der Waals surface area contributed by atoms with Crippen molar-refractivity contribution in [3.05, 3.63) is 75.7 Å². The molecule has 0 aliphatic rings. The Hall–Kier alpha value is -3.69. The molecule has 0 saturated heterocycles. The standard InChI is InChI=1S/C23H15FN2O4S2/c1-11-2-9-16(31-11)20(28)18-19(12-3-6-14(27)7-4-12)26(22(30)21(18)29)23-25-15-8-5-13(24)10-17(15)32-23/h2-10,27,29-30H,1H3. The summed E-state index contributed by atoms with van der Waals surface area (Å²) in [5.41, 5.74) is 1.12. The molecule has 0 bridgehead atoms. The number of phenols is 1. The van der Waals surface area contributed by atoms with Crippen LogP contribution in [0, 0.1) is 12.7 Å². The molecule has 9 heteroatoms. The van der Waals surface area contributed by atoms with Gasteiger partial charge in [-0.15, -0.1) is 11.3 Å². The van der Waals surface area contributed by atoms with Crippen LogP contribution in [0.4, 0.5) is 4.39 Å². The van der Waals surface area contributed by atoms with Gasteiger partial charge in [0.05, 0.1) is 26.4 Å². The lowest BCUT2D eigenvalue weighted by Gasteiger charge is -2.09. The van der Waals surface area contributed by atoms with E-state index in [1.807, 2.05) is 6.92 Å². The molecule has 5 aromatic rings. The fraction of sp³-hybridized carbons (Fsp3) is 0.0435. The van der Waals surface area contributed by atoms with E-state index < -0.39 is 23.2 Å². The number of phenolic OH excluding ortho intramolecular Hbond substituents is 1. The molecule has 0 atom stereocenters. The third kappa shape index (κ3) is 3.22. The third-order valence-corrected chi connectivity index (χ3v) is 6.99. The highest BCUT2D eigenvalue weighted by atomic mass is 32.1. The molecule has 2 aromatic carbocycles. The van der Waals surface area contributed by atoms with Crippen molar-refractivity contribution in [3.8, 4) is 33.8 Å². The van der Waals surface area contributed by atoms with Crippen LogP contribution in [-0.4, -0.2) is 30.7 Å². The smallest absolute Gasteiger partial charge is 0.242 e. The van der Waals surface area contributed by atoms with Crippen molar-refractivity contribution < 1.29 is 24.5 Å². The zero-order valence-corrected chi connectivity index (χ0v) is 18.2. The van der Waals surface area contributed by atoms with Crippen molar-refractivity contribution in [2.24, 2.45) is 0 Å². The molecule has 3 heterocycles. The molecule has 0 radical (unpaired) electrons. The van der Waals surface area contributed by atoms with Crippen LogP contribution in [0.25, 0.3) is 26.6 Å². The SMILES string of the molecule is Cc1ccc(C(=O)c2c(O)c(O)n(-c3nc4ccc(F)cc4s3)c2-c2ccc(O)cc2)s1. The second-order valence-electron chi connectivity index (χ2n) is 7.13. The lowest BCUT2D eigenvalue weighted by atomic mass is 10.0. The molecular formula is C23H15FN2O4S2. The maximum Gasteiger partial charge on any atom is 0.242 e. The average Bonchev–Trinajstić information content (AvgIpc) is 3.44. The van der Waals surface area contributed by atoms with Crippen molar-refractivity contribution in [2.45, 2.75) is 6.92 Å². The number of thiazole rings is 1. The van der Waals surface area contributed by atoms with Crippen LogP contribution in [0.5, 0.6) is 17.4 Å². The van der Waals surface area contributed by atoms with Gasteiger partial charge in [-0.1, -0.05) is 11.3 Å². The third-order valence-electron chi connectivity index (χ3n) is 4.98. The Morgan fingerprint density at radius 3 is 2.44 bits per heavy atom. The van der Waals surface area contributed by atoms with Gasteiger partial charge >= 0.3 is 0 Å². The topological polar surface area (TPSA) is 95.6 Å². The lowest BCUT2D eigenvalue weighted by molar-refractivity contribution is 0.104. The molecule has 6 nitrogen and oxygen atoms in total. The number of ketones is 1. The number of aryl methyl sites for hydroxylation is 1. The first-order valence-corrected chi connectivity index (χ1v) is 11.1. The molecule has 3 N–H and O–H groups in total. The molecule has 0 spiro atoms. The van der Waals surface area contributed by atoms with E-state index in [2.05, 4.69) is 4.98 Å². The number of carbonyl (C=O) groups excluding carboxylic acids is 1. The molecule has 160 valence electrons. The molecule has 0 aliphatic heterocycles. The molecule has 0 unspecified atom stereocenters. The van der Waals surface area contributed by atoms with Gasteiger partial charge in [0.15, 0.2) is 10.9 Å². The van der Waals surface area contributed by atoms with Gasteiger partial charge in [0.1, 0.15) is 11.6 Å². The first-order chi connectivity index (χ1) is 15.3. The molecule has 3 aromatic heterocycles. The number of hydrogen-bond donors (Lipinski definition) is 3. The Kier molecular flexibility index (Phi) is 4.72. The molecule has 0 saturated carbocycles. The van der Waals surface area contributed by atoms with Gasteiger partial charge in [0.2, 0.25) is 11.7 Å². The van der Waals surface area contributed by atoms with Gasteiger partial charge in [0.25, 0.3) is 0 Å². The van der Waals surface area contributed by atoms with Crippen molar-refractivity contribution in [2.75, 3.05) is 0 Å². The molecule has 5 rings (SSSR count). The monoisotopic (exact) mass is 466 g/mol. The van der Waals surface area contributed by atoms with Gasteiger partial charge in [-0.25, -0.2) is 9.37 Å². The number of fused-ring (bicyclic) bond motifs is 1. The summed E-state index contributed by atoms with van der Waals surface area (Å²) in [6.45, 7) is 1.87. The minimum absolute atomic E-state index is 0.0255. The van der Waals surface area contributed by atoms with Crippen LogP contribution in [0.3, 0.4) is 0 Å². The van der Waals surface area contributed by atoms with E-state index in [-0.39, 0.29) is 22.1 Å². The van der Waals surface area contributed by atoms with E-state index in [9.17, 15) is 24.5 Å². The zero-order valence-electron chi connectivity index (χ0n) is 16.5. The Morgan fingerprint density at radius 2 is 1.75 bits per heavy atom. The zero-order chi connectivity index (χ0) is 22.6. The highest BCUT2D eigenvalue weighted by Gasteiger charge is 2.31. The number of rotatable bonds is 4. The van der Waals surface area contributed by atoms with Crippen LogP contribution < -0.4 is 0 Å². The van der Waals surface area contributed by atoms with Crippen molar-refractivity contribution in [1.29, 1.82) is 0 Å². The van der Waals surface area contributed by atoms with Crippen LogP contribution in [0.1, 0.15) is 20.1 Å². The van der Waals surface area contributed by atoms with Crippen LogP contribution in [0.15, 0.2) is 54.6 Å². The molecule has 0 fully saturated rings. The normalized spacial score (nSPS) is 11.3. The minimum Gasteiger partial charge on any atom is -0.508 e. The van der Waals surface area contributed by atoms with Crippen LogP contribution in [-0.2, 0) is 0 Å².